The Kier molecular flexibility index (Phi) is 5.84. The molecule has 1 aromatic carbocycles. The van der Waals surface area contributed by atoms with Crippen LogP contribution < -0.4 is 10.6 Å². The molecular formula is C18H27N3OS. The molecule has 23 heavy (non-hydrogen) atoms. The number of nitrogens with zero attached hydrogens (tertiary/aromatic N) is 1. The molecule has 2 N–H and O–H groups in total. The van der Waals surface area contributed by atoms with Gasteiger partial charge in [-0.25, -0.2) is 0 Å². The SMILES string of the molecule is CC(=O)NCCN(Cc1cccc2c1NCC2)C1CCSCC1. The van der Waals surface area contributed by atoms with Crippen LogP contribution in [-0.2, 0) is 17.8 Å². The van der Waals surface area contributed by atoms with Gasteiger partial charge in [-0.2, -0.15) is 11.8 Å². The normalized spacial score (nSPS) is 17.8. The molecule has 0 radical (unpaired) electrons. The summed E-state index contributed by atoms with van der Waals surface area (Å²) in [5.74, 6) is 2.57. The maximum absolute atomic E-state index is 11.2. The molecule has 0 spiro atoms. The van der Waals surface area contributed by atoms with Crippen LogP contribution in [0.3, 0.4) is 0 Å². The topological polar surface area (TPSA) is 44.4 Å². The van der Waals surface area contributed by atoms with Crippen molar-refractivity contribution in [2.24, 2.45) is 0 Å². The molecule has 2 aliphatic rings. The average Bonchev–Trinajstić information content (AvgIpc) is 3.04. The molecule has 1 aromatic rings. The number of carbonyl (C=O) groups is 1. The van der Waals surface area contributed by atoms with Crippen LogP contribution in [0.2, 0.25) is 0 Å². The van der Waals surface area contributed by atoms with Crippen LogP contribution in [0.5, 0.6) is 0 Å². The number of para-hydroxylation sites is 1. The third-order valence-electron chi connectivity index (χ3n) is 4.79. The highest BCUT2D eigenvalue weighted by Crippen LogP contribution is 2.29. The number of benzene rings is 1. The average molecular weight is 334 g/mol. The molecule has 1 fully saturated rings. The van der Waals surface area contributed by atoms with E-state index in [2.05, 4.69) is 45.5 Å². The lowest BCUT2D eigenvalue weighted by molar-refractivity contribution is -0.119. The number of hydrogen-bond acceptors (Lipinski definition) is 4. The van der Waals surface area contributed by atoms with E-state index in [0.717, 1.165) is 32.6 Å². The second-order valence-corrected chi connectivity index (χ2v) is 7.65. The fourth-order valence-electron chi connectivity index (χ4n) is 3.58. The zero-order chi connectivity index (χ0) is 16.1. The van der Waals surface area contributed by atoms with Crippen molar-refractivity contribution in [3.8, 4) is 0 Å². The molecule has 2 heterocycles. The van der Waals surface area contributed by atoms with Gasteiger partial charge in [0.1, 0.15) is 0 Å². The molecule has 0 unspecified atom stereocenters. The quantitative estimate of drug-likeness (QED) is 0.839. The van der Waals surface area contributed by atoms with Gasteiger partial charge in [-0.15, -0.1) is 0 Å². The van der Waals surface area contributed by atoms with Crippen molar-refractivity contribution in [1.29, 1.82) is 0 Å². The second kappa shape index (κ2) is 8.06. The van der Waals surface area contributed by atoms with E-state index in [1.165, 1.54) is 41.2 Å². The van der Waals surface area contributed by atoms with E-state index in [1.807, 2.05) is 0 Å². The van der Waals surface area contributed by atoms with Gasteiger partial charge in [-0.1, -0.05) is 18.2 Å². The van der Waals surface area contributed by atoms with E-state index in [1.54, 1.807) is 6.92 Å². The Morgan fingerprint density at radius 3 is 3.00 bits per heavy atom. The minimum Gasteiger partial charge on any atom is -0.384 e. The predicted molar refractivity (Wildman–Crippen MR) is 98.1 cm³/mol. The third-order valence-corrected chi connectivity index (χ3v) is 5.84. The molecule has 1 amide bonds. The van der Waals surface area contributed by atoms with E-state index in [9.17, 15) is 4.79 Å². The van der Waals surface area contributed by atoms with Crippen molar-refractivity contribution in [1.82, 2.24) is 10.2 Å². The zero-order valence-electron chi connectivity index (χ0n) is 13.9. The van der Waals surface area contributed by atoms with Crippen molar-refractivity contribution < 1.29 is 4.79 Å². The summed E-state index contributed by atoms with van der Waals surface area (Å²) in [6.45, 7) is 5.29. The highest BCUT2D eigenvalue weighted by Gasteiger charge is 2.23. The number of carbonyl (C=O) groups excluding carboxylic acids is 1. The number of rotatable bonds is 6. The third kappa shape index (κ3) is 4.42. The molecule has 3 rings (SSSR count). The number of fused-ring (bicyclic) bond motifs is 1. The summed E-state index contributed by atoms with van der Waals surface area (Å²) in [5, 5.41) is 6.50. The number of hydrogen-bond donors (Lipinski definition) is 2. The molecule has 0 aliphatic carbocycles. The van der Waals surface area contributed by atoms with Gasteiger partial charge < -0.3 is 10.6 Å². The number of anilines is 1. The van der Waals surface area contributed by atoms with Crippen LogP contribution in [0.4, 0.5) is 5.69 Å². The molecule has 1 saturated heterocycles. The first-order valence-electron chi connectivity index (χ1n) is 8.65. The van der Waals surface area contributed by atoms with E-state index < -0.39 is 0 Å². The van der Waals surface area contributed by atoms with Crippen LogP contribution in [0, 0.1) is 0 Å². The first-order valence-corrected chi connectivity index (χ1v) is 9.80. The van der Waals surface area contributed by atoms with Crippen molar-refractivity contribution in [2.75, 3.05) is 36.5 Å². The molecule has 126 valence electrons. The van der Waals surface area contributed by atoms with Gasteiger partial charge in [0.05, 0.1) is 0 Å². The lowest BCUT2D eigenvalue weighted by Crippen LogP contribution is -2.42. The van der Waals surface area contributed by atoms with Crippen LogP contribution in [0.1, 0.15) is 30.9 Å². The van der Waals surface area contributed by atoms with Gasteiger partial charge in [-0.3, -0.25) is 9.69 Å². The maximum atomic E-state index is 11.2. The van der Waals surface area contributed by atoms with Crippen LogP contribution in [0.25, 0.3) is 0 Å². The van der Waals surface area contributed by atoms with Gasteiger partial charge in [0, 0.05) is 44.8 Å². The zero-order valence-corrected chi connectivity index (χ0v) is 14.8. The Hall–Kier alpha value is -1.20. The Morgan fingerprint density at radius 2 is 2.22 bits per heavy atom. The number of nitrogens with one attached hydrogen (secondary N) is 2. The summed E-state index contributed by atoms with van der Waals surface area (Å²) < 4.78 is 0. The maximum Gasteiger partial charge on any atom is 0.216 e. The predicted octanol–water partition coefficient (Wildman–Crippen LogP) is 2.49. The van der Waals surface area contributed by atoms with Gasteiger partial charge in [-0.05, 0) is 41.9 Å². The molecule has 5 heteroatoms. The Morgan fingerprint density at radius 1 is 1.39 bits per heavy atom. The Balaban J connectivity index is 1.69. The molecular weight excluding hydrogens is 306 g/mol. The number of thioether (sulfide) groups is 1. The molecule has 4 nitrogen and oxygen atoms in total. The minimum absolute atomic E-state index is 0.0615. The largest absolute Gasteiger partial charge is 0.384 e. The lowest BCUT2D eigenvalue weighted by atomic mass is 10.0. The van der Waals surface area contributed by atoms with Crippen molar-refractivity contribution in [3.63, 3.8) is 0 Å². The van der Waals surface area contributed by atoms with Gasteiger partial charge >= 0.3 is 0 Å². The Bertz CT molecular complexity index is 543. The number of amides is 1. The minimum atomic E-state index is 0.0615. The monoisotopic (exact) mass is 333 g/mol. The summed E-state index contributed by atoms with van der Waals surface area (Å²) in [7, 11) is 0. The van der Waals surface area contributed by atoms with E-state index in [4.69, 9.17) is 0 Å². The van der Waals surface area contributed by atoms with Crippen LogP contribution in [-0.4, -0.2) is 48.0 Å². The van der Waals surface area contributed by atoms with Gasteiger partial charge in [0.15, 0.2) is 0 Å². The van der Waals surface area contributed by atoms with Crippen LogP contribution >= 0.6 is 11.8 Å². The molecule has 0 aromatic heterocycles. The van der Waals surface area contributed by atoms with Crippen LogP contribution in [0.15, 0.2) is 18.2 Å². The summed E-state index contributed by atoms with van der Waals surface area (Å²) in [4.78, 5) is 13.7. The fraction of sp³-hybridized carbons (Fsp3) is 0.611. The second-order valence-electron chi connectivity index (χ2n) is 6.43. The van der Waals surface area contributed by atoms with Crippen molar-refractivity contribution in [3.05, 3.63) is 29.3 Å². The molecule has 2 aliphatic heterocycles. The first-order chi connectivity index (χ1) is 11.2. The van der Waals surface area contributed by atoms with Gasteiger partial charge in [0.2, 0.25) is 5.91 Å². The standard InChI is InChI=1S/C18H27N3OS/c1-14(22)19-9-10-21(17-6-11-23-12-7-17)13-16-4-2-3-15-5-8-20-18(15)16/h2-4,17,20H,5-13H2,1H3,(H,19,22). The van der Waals surface area contributed by atoms with E-state index in [-0.39, 0.29) is 5.91 Å². The summed E-state index contributed by atoms with van der Waals surface area (Å²) in [6, 6.07) is 7.31. The molecule has 0 bridgehead atoms. The molecule has 0 saturated carbocycles. The molecule has 0 atom stereocenters. The Labute approximate surface area is 143 Å². The summed E-state index contributed by atoms with van der Waals surface area (Å²) in [6.07, 6.45) is 3.65. The first kappa shape index (κ1) is 16.7. The highest BCUT2D eigenvalue weighted by atomic mass is 32.2. The van der Waals surface area contributed by atoms with Crippen molar-refractivity contribution >= 4 is 23.4 Å². The fourth-order valence-corrected chi connectivity index (χ4v) is 4.66. The van der Waals surface area contributed by atoms with Gasteiger partial charge in [0.25, 0.3) is 0 Å². The smallest absolute Gasteiger partial charge is 0.216 e. The summed E-state index contributed by atoms with van der Waals surface area (Å²) >= 11 is 2.06. The van der Waals surface area contributed by atoms with Crippen molar-refractivity contribution in [2.45, 2.75) is 38.8 Å². The van der Waals surface area contributed by atoms with E-state index in [0.29, 0.717) is 6.04 Å². The summed E-state index contributed by atoms with van der Waals surface area (Å²) in [5.41, 5.74) is 4.20. The highest BCUT2D eigenvalue weighted by molar-refractivity contribution is 7.99. The van der Waals surface area contributed by atoms with E-state index >= 15 is 0 Å². The lowest BCUT2D eigenvalue weighted by Gasteiger charge is -2.34.